The maximum atomic E-state index is 6.25. The van der Waals surface area contributed by atoms with E-state index in [0.29, 0.717) is 0 Å². The van der Waals surface area contributed by atoms with Crippen LogP contribution in [0.1, 0.15) is 19.8 Å². The Bertz CT molecular complexity index is 4990. The minimum Gasteiger partial charge on any atom is -0.456 e. The molecular formula is C74H55N3OS2. The summed E-state index contributed by atoms with van der Waals surface area (Å²) in [6.45, 7) is 5.63. The quantitative estimate of drug-likeness (QED) is 0.0917. The third kappa shape index (κ3) is 7.97. The van der Waals surface area contributed by atoms with Crippen molar-refractivity contribution in [2.24, 2.45) is 0 Å². The first-order valence-electron chi connectivity index (χ1n) is 27.3. The number of rotatable bonds is 8. The van der Waals surface area contributed by atoms with Gasteiger partial charge in [0.1, 0.15) is 11.2 Å². The van der Waals surface area contributed by atoms with Crippen molar-refractivity contribution in [3.05, 3.63) is 261 Å². The minimum absolute atomic E-state index is 0.899. The van der Waals surface area contributed by atoms with E-state index < -0.39 is 0 Å². The van der Waals surface area contributed by atoms with Crippen LogP contribution in [0, 0.1) is 0 Å². The molecule has 0 spiro atoms. The molecule has 0 radical (unpaired) electrons. The van der Waals surface area contributed by atoms with E-state index in [1.54, 1.807) is 6.26 Å². The molecule has 0 amide bonds. The Kier molecular flexibility index (Phi) is 12.5. The van der Waals surface area contributed by atoms with Crippen LogP contribution in [0.15, 0.2) is 266 Å². The van der Waals surface area contributed by atoms with Crippen LogP contribution < -0.4 is 0 Å². The molecule has 5 heterocycles. The second-order valence-electron chi connectivity index (χ2n) is 20.2. The van der Waals surface area contributed by atoms with Crippen molar-refractivity contribution in [1.82, 2.24) is 13.7 Å². The van der Waals surface area contributed by atoms with Crippen LogP contribution in [0.4, 0.5) is 0 Å². The predicted molar refractivity (Wildman–Crippen MR) is 350 cm³/mol. The van der Waals surface area contributed by atoms with Crippen molar-refractivity contribution in [2.45, 2.75) is 19.8 Å². The molecule has 0 fully saturated rings. The van der Waals surface area contributed by atoms with Crippen LogP contribution in [0.2, 0.25) is 0 Å². The summed E-state index contributed by atoms with van der Waals surface area (Å²) in [5.74, 6) is 0. The molecular weight excluding hydrogens is 1010 g/mol. The molecule has 384 valence electrons. The standard InChI is InChI=1S/C66H39N3OS.C7H12.CH4S/c1-7-25-56-46(17-1)47-18-2-8-26-57(47)67(56)43-16-13-15-40(35-43)42-37-55-52-24-14-23-45(65(52)71-66(55)62(38-42)69-59-28-10-3-19-48(59)49-20-4-11-29-60(49)69)41-31-33-61-53(36-41)50-21-5-9-27-58(50)68(61)44-32-34-64-54(39-44)51-22-6-12-30-63(51)70-64;1-3-5-7-6-4-2;1-2/h1-39H;3-4,6H,1,5,7H2,2H3;2H,1H3/b;6-4-;. The van der Waals surface area contributed by atoms with Crippen molar-refractivity contribution >= 4 is 131 Å². The fourth-order valence-corrected chi connectivity index (χ4v) is 13.6. The van der Waals surface area contributed by atoms with Crippen LogP contribution in [-0.4, -0.2) is 20.0 Å². The number of unbranched alkanes of at least 4 members (excludes halogenated alkanes) is 1. The molecule has 0 saturated heterocycles. The lowest BCUT2D eigenvalue weighted by Gasteiger charge is -2.14. The molecule has 0 aliphatic heterocycles. The van der Waals surface area contributed by atoms with Crippen LogP contribution in [0.3, 0.4) is 0 Å². The zero-order chi connectivity index (χ0) is 53.8. The van der Waals surface area contributed by atoms with Gasteiger partial charge >= 0.3 is 0 Å². The van der Waals surface area contributed by atoms with Crippen LogP contribution in [-0.2, 0) is 0 Å². The number of para-hydroxylation sites is 6. The van der Waals surface area contributed by atoms with E-state index >= 15 is 0 Å². The number of nitrogens with zero attached hydrogens (tertiary/aromatic N) is 3. The van der Waals surface area contributed by atoms with Gasteiger partial charge in [0.05, 0.1) is 43.5 Å². The molecule has 0 bridgehead atoms. The predicted octanol–water partition coefficient (Wildman–Crippen LogP) is 21.7. The van der Waals surface area contributed by atoms with E-state index in [-0.39, 0.29) is 0 Å². The molecule has 5 aromatic heterocycles. The largest absolute Gasteiger partial charge is 0.456 e. The lowest BCUT2D eigenvalue weighted by Crippen LogP contribution is -1.96. The summed E-state index contributed by atoms with van der Waals surface area (Å²) in [5, 5.41) is 12.2. The van der Waals surface area contributed by atoms with E-state index in [1.807, 2.05) is 36.5 Å². The number of thiophene rings is 1. The van der Waals surface area contributed by atoms with E-state index in [0.717, 1.165) is 46.2 Å². The molecule has 0 unspecified atom stereocenters. The summed E-state index contributed by atoms with van der Waals surface area (Å²) < 4.78 is 16.1. The van der Waals surface area contributed by atoms with Gasteiger partial charge in [0, 0.05) is 69.9 Å². The number of furan rings is 1. The SMILES string of the molecule is C=CCC/C=C\C.CS.c1cc(-c2cc(-n3c4ccccc4c4ccccc43)c3sc4c(-c5ccc6c(c5)c5ccccc5n6-c5ccc6oc7ccccc7c6c5)cccc4c3c2)cc(-n2c3ccccc3c3ccccc32)c1. The Morgan fingerprint density at radius 3 is 1.52 bits per heavy atom. The van der Waals surface area contributed by atoms with Crippen molar-refractivity contribution in [2.75, 3.05) is 6.26 Å². The highest BCUT2D eigenvalue weighted by Gasteiger charge is 2.22. The molecule has 0 aliphatic carbocycles. The molecule has 0 N–H and O–H groups in total. The first kappa shape index (κ1) is 49.0. The smallest absolute Gasteiger partial charge is 0.135 e. The molecule has 0 aliphatic rings. The van der Waals surface area contributed by atoms with Gasteiger partial charge in [-0.25, -0.2) is 0 Å². The zero-order valence-corrected chi connectivity index (χ0v) is 46.2. The number of aromatic nitrogens is 3. The first-order chi connectivity index (χ1) is 39.6. The Labute approximate surface area is 473 Å². The summed E-state index contributed by atoms with van der Waals surface area (Å²) in [7, 11) is 0. The molecule has 80 heavy (non-hydrogen) atoms. The maximum absolute atomic E-state index is 6.25. The summed E-state index contributed by atoms with van der Waals surface area (Å²) >= 11 is 5.44. The minimum atomic E-state index is 0.899. The lowest BCUT2D eigenvalue weighted by atomic mass is 9.98. The van der Waals surface area contributed by atoms with E-state index in [9.17, 15) is 0 Å². The van der Waals surface area contributed by atoms with Crippen LogP contribution in [0.25, 0.3) is 147 Å². The monoisotopic (exact) mass is 1070 g/mol. The zero-order valence-electron chi connectivity index (χ0n) is 44.5. The molecule has 11 aromatic carbocycles. The highest BCUT2D eigenvalue weighted by molar-refractivity contribution is 7.79. The van der Waals surface area contributed by atoms with Gasteiger partial charge in [-0.2, -0.15) is 12.6 Å². The van der Waals surface area contributed by atoms with Crippen molar-refractivity contribution < 1.29 is 4.42 Å². The van der Waals surface area contributed by atoms with Crippen LogP contribution >= 0.6 is 24.0 Å². The Morgan fingerprint density at radius 1 is 0.388 bits per heavy atom. The van der Waals surface area contributed by atoms with Gasteiger partial charge < -0.3 is 18.1 Å². The van der Waals surface area contributed by atoms with E-state index in [2.05, 4.69) is 270 Å². The van der Waals surface area contributed by atoms with Gasteiger partial charge in [-0.1, -0.05) is 164 Å². The van der Waals surface area contributed by atoms with E-state index in [1.165, 1.54) is 114 Å². The number of thiol groups is 1. The first-order valence-corrected chi connectivity index (χ1v) is 29.0. The van der Waals surface area contributed by atoms with Gasteiger partial charge in [0.25, 0.3) is 0 Å². The van der Waals surface area contributed by atoms with Gasteiger partial charge in [-0.3, -0.25) is 0 Å². The van der Waals surface area contributed by atoms with Gasteiger partial charge in [-0.15, -0.1) is 17.9 Å². The average Bonchev–Trinajstić information content (AvgIpc) is 4.43. The van der Waals surface area contributed by atoms with Crippen molar-refractivity contribution in [3.63, 3.8) is 0 Å². The van der Waals surface area contributed by atoms with Crippen molar-refractivity contribution in [3.8, 4) is 39.3 Å². The Hall–Kier alpha value is -9.33. The number of fused-ring (bicyclic) bond motifs is 15. The average molecular weight is 1070 g/mol. The Balaban J connectivity index is 0.000000598. The summed E-state index contributed by atoms with van der Waals surface area (Å²) in [6.07, 6.45) is 10.1. The molecule has 0 atom stereocenters. The topological polar surface area (TPSA) is 27.9 Å². The summed E-state index contributed by atoms with van der Waals surface area (Å²) in [6, 6.07) is 86.9. The van der Waals surface area contributed by atoms with Gasteiger partial charge in [0.2, 0.25) is 0 Å². The molecule has 16 aromatic rings. The number of benzene rings is 11. The lowest BCUT2D eigenvalue weighted by molar-refractivity contribution is 0.669. The van der Waals surface area contributed by atoms with E-state index in [4.69, 9.17) is 4.42 Å². The summed E-state index contributed by atoms with van der Waals surface area (Å²) in [4.78, 5) is 0. The van der Waals surface area contributed by atoms with Crippen molar-refractivity contribution in [1.29, 1.82) is 0 Å². The normalized spacial score (nSPS) is 11.8. The number of hydrogen-bond acceptors (Lipinski definition) is 3. The third-order valence-electron chi connectivity index (χ3n) is 15.8. The molecule has 4 nitrogen and oxygen atoms in total. The highest BCUT2D eigenvalue weighted by atomic mass is 32.1. The van der Waals surface area contributed by atoms with Crippen LogP contribution in [0.5, 0.6) is 0 Å². The molecule has 0 saturated carbocycles. The molecule has 6 heteroatoms. The maximum Gasteiger partial charge on any atom is 0.135 e. The second-order valence-corrected chi connectivity index (χ2v) is 21.3. The summed E-state index contributed by atoms with van der Waals surface area (Å²) in [5.41, 5.74) is 17.2. The Morgan fingerprint density at radius 2 is 0.900 bits per heavy atom. The molecule has 16 rings (SSSR count). The van der Waals surface area contributed by atoms with Gasteiger partial charge in [-0.05, 0) is 139 Å². The third-order valence-corrected chi connectivity index (χ3v) is 17.1. The fourth-order valence-electron chi connectivity index (χ4n) is 12.3. The second kappa shape index (κ2) is 20.5. The van der Waals surface area contributed by atoms with Gasteiger partial charge in [0.15, 0.2) is 0 Å². The number of hydrogen-bond donors (Lipinski definition) is 1. The number of allylic oxidation sites excluding steroid dienone is 3. The fraction of sp³-hybridized carbons (Fsp3) is 0.0541. The highest BCUT2D eigenvalue weighted by Crippen LogP contribution is 2.47.